The maximum Gasteiger partial charge on any atom is 0.131 e. The van der Waals surface area contributed by atoms with Gasteiger partial charge in [-0.05, 0) is 25.5 Å². The number of hydrogen-bond donors (Lipinski definition) is 1. The third-order valence-corrected chi connectivity index (χ3v) is 2.53. The van der Waals surface area contributed by atoms with Gasteiger partial charge in [-0.25, -0.2) is 9.97 Å². The molecule has 0 aromatic carbocycles. The van der Waals surface area contributed by atoms with Gasteiger partial charge in [0, 0.05) is 25.2 Å². The first-order valence-electron chi connectivity index (χ1n) is 6.36. The maximum atomic E-state index is 4.56. The van der Waals surface area contributed by atoms with Gasteiger partial charge < -0.3 is 5.32 Å². The zero-order valence-electron chi connectivity index (χ0n) is 10.8. The molecule has 0 spiro atoms. The molecule has 4 heteroatoms. The van der Waals surface area contributed by atoms with Crippen molar-refractivity contribution in [1.29, 1.82) is 0 Å². The molecule has 0 unspecified atom stereocenters. The average molecular weight is 242 g/mol. The topological polar surface area (TPSA) is 50.7 Å². The molecule has 0 aliphatic carbocycles. The molecule has 0 amide bonds. The van der Waals surface area contributed by atoms with Crippen LogP contribution < -0.4 is 5.32 Å². The lowest BCUT2D eigenvalue weighted by molar-refractivity contribution is 0.835. The fourth-order valence-corrected chi connectivity index (χ4v) is 1.75. The summed E-state index contributed by atoms with van der Waals surface area (Å²) in [5, 5.41) is 3.24. The van der Waals surface area contributed by atoms with Crippen LogP contribution in [0.1, 0.15) is 26.1 Å². The molecule has 4 nitrogen and oxygen atoms in total. The molecule has 2 heterocycles. The van der Waals surface area contributed by atoms with Gasteiger partial charge in [-0.15, -0.1) is 0 Å². The monoisotopic (exact) mass is 242 g/mol. The summed E-state index contributed by atoms with van der Waals surface area (Å²) in [6.45, 7) is 5.04. The quantitative estimate of drug-likeness (QED) is 0.875. The van der Waals surface area contributed by atoms with E-state index in [0.29, 0.717) is 0 Å². The number of hydrogen-bond acceptors (Lipinski definition) is 4. The van der Waals surface area contributed by atoms with Crippen LogP contribution in [0.2, 0.25) is 0 Å². The van der Waals surface area contributed by atoms with Gasteiger partial charge in [-0.2, -0.15) is 0 Å². The molecule has 2 rings (SSSR count). The maximum absolute atomic E-state index is 4.56. The molecule has 2 aromatic heterocycles. The van der Waals surface area contributed by atoms with Gasteiger partial charge in [0.05, 0.1) is 11.4 Å². The fraction of sp³-hybridized carbons (Fsp3) is 0.357. The van der Waals surface area contributed by atoms with Crippen molar-refractivity contribution < 1.29 is 0 Å². The van der Waals surface area contributed by atoms with Crippen molar-refractivity contribution in [3.8, 4) is 11.4 Å². The Balaban J connectivity index is 2.39. The summed E-state index contributed by atoms with van der Waals surface area (Å²) >= 11 is 0. The minimum atomic E-state index is 0.851. The lowest BCUT2D eigenvalue weighted by atomic mass is 10.2. The Morgan fingerprint density at radius 1 is 1.11 bits per heavy atom. The van der Waals surface area contributed by atoms with Gasteiger partial charge in [-0.3, -0.25) is 4.98 Å². The van der Waals surface area contributed by atoms with E-state index < -0.39 is 0 Å². The number of anilines is 1. The average Bonchev–Trinajstić information content (AvgIpc) is 2.40. The van der Waals surface area contributed by atoms with Gasteiger partial charge in [0.15, 0.2) is 0 Å². The summed E-state index contributed by atoms with van der Waals surface area (Å²) in [7, 11) is 0. The van der Waals surface area contributed by atoms with E-state index in [2.05, 4.69) is 34.1 Å². The minimum absolute atomic E-state index is 0.851. The van der Waals surface area contributed by atoms with Crippen molar-refractivity contribution in [2.45, 2.75) is 26.7 Å². The number of aromatic nitrogens is 3. The predicted molar refractivity (Wildman–Crippen MR) is 73.4 cm³/mol. The van der Waals surface area contributed by atoms with Crippen LogP contribution in [0.5, 0.6) is 0 Å². The van der Waals surface area contributed by atoms with E-state index in [9.17, 15) is 0 Å². The SMILES string of the molecule is CCCc1nc(NCC)cc(-c2ccccn2)n1. The van der Waals surface area contributed by atoms with Gasteiger partial charge >= 0.3 is 0 Å². The van der Waals surface area contributed by atoms with E-state index in [-0.39, 0.29) is 0 Å². The molecule has 0 bridgehead atoms. The van der Waals surface area contributed by atoms with Crippen LogP contribution in [-0.2, 0) is 6.42 Å². The lowest BCUT2D eigenvalue weighted by Gasteiger charge is -2.08. The second kappa shape index (κ2) is 6.10. The van der Waals surface area contributed by atoms with Crippen LogP contribution in [0.15, 0.2) is 30.5 Å². The van der Waals surface area contributed by atoms with Gasteiger partial charge in [0.1, 0.15) is 11.6 Å². The summed E-state index contributed by atoms with van der Waals surface area (Å²) < 4.78 is 0. The third kappa shape index (κ3) is 3.03. The molecule has 2 aromatic rings. The van der Waals surface area contributed by atoms with Crippen LogP contribution in [0.3, 0.4) is 0 Å². The van der Waals surface area contributed by atoms with Gasteiger partial charge in [-0.1, -0.05) is 13.0 Å². The Morgan fingerprint density at radius 3 is 2.67 bits per heavy atom. The number of rotatable bonds is 5. The fourth-order valence-electron chi connectivity index (χ4n) is 1.75. The summed E-state index contributed by atoms with van der Waals surface area (Å²) in [5.41, 5.74) is 1.77. The highest BCUT2D eigenvalue weighted by atomic mass is 15.0. The van der Waals surface area contributed by atoms with E-state index in [1.165, 1.54) is 0 Å². The minimum Gasteiger partial charge on any atom is -0.370 e. The number of nitrogens with zero attached hydrogens (tertiary/aromatic N) is 3. The summed E-state index contributed by atoms with van der Waals surface area (Å²) in [4.78, 5) is 13.4. The number of pyridine rings is 1. The lowest BCUT2D eigenvalue weighted by Crippen LogP contribution is -2.05. The molecule has 1 N–H and O–H groups in total. The molecule has 0 aliphatic heterocycles. The van der Waals surface area contributed by atoms with E-state index in [1.54, 1.807) is 6.20 Å². The summed E-state index contributed by atoms with van der Waals surface area (Å²) in [6.07, 6.45) is 3.71. The van der Waals surface area contributed by atoms with E-state index in [1.807, 2.05) is 24.3 Å². The molecule has 0 atom stereocenters. The molecule has 0 aliphatic rings. The normalized spacial score (nSPS) is 10.3. The van der Waals surface area contributed by atoms with Crippen molar-refractivity contribution in [3.63, 3.8) is 0 Å². The smallest absolute Gasteiger partial charge is 0.131 e. The van der Waals surface area contributed by atoms with Crippen LogP contribution in [0, 0.1) is 0 Å². The van der Waals surface area contributed by atoms with Crippen molar-refractivity contribution in [3.05, 3.63) is 36.3 Å². The van der Waals surface area contributed by atoms with Gasteiger partial charge in [0.2, 0.25) is 0 Å². The molecule has 0 radical (unpaired) electrons. The first-order valence-corrected chi connectivity index (χ1v) is 6.36. The standard InChI is InChI=1S/C14H18N4/c1-3-7-13-17-12(10-14(18-13)15-4-2)11-8-5-6-9-16-11/h5-6,8-10H,3-4,7H2,1-2H3,(H,15,17,18). The molecule has 0 saturated carbocycles. The second-order valence-corrected chi connectivity index (χ2v) is 4.05. The first-order chi connectivity index (χ1) is 8.83. The summed E-state index contributed by atoms with van der Waals surface area (Å²) in [6, 6.07) is 7.79. The van der Waals surface area contributed by atoms with Crippen LogP contribution in [0.4, 0.5) is 5.82 Å². The second-order valence-electron chi connectivity index (χ2n) is 4.05. The zero-order chi connectivity index (χ0) is 12.8. The molecule has 0 saturated heterocycles. The third-order valence-electron chi connectivity index (χ3n) is 2.53. The Hall–Kier alpha value is -1.97. The number of aryl methyl sites for hydroxylation is 1. The van der Waals surface area contributed by atoms with Crippen LogP contribution in [-0.4, -0.2) is 21.5 Å². The van der Waals surface area contributed by atoms with Crippen molar-refractivity contribution in [1.82, 2.24) is 15.0 Å². The highest BCUT2D eigenvalue weighted by Crippen LogP contribution is 2.17. The zero-order valence-corrected chi connectivity index (χ0v) is 10.8. The Labute approximate surface area is 108 Å². The predicted octanol–water partition coefficient (Wildman–Crippen LogP) is 2.92. The van der Waals surface area contributed by atoms with Crippen molar-refractivity contribution in [2.24, 2.45) is 0 Å². The highest BCUT2D eigenvalue weighted by Gasteiger charge is 2.06. The molecular formula is C14H18N4. The van der Waals surface area contributed by atoms with Crippen molar-refractivity contribution in [2.75, 3.05) is 11.9 Å². The Morgan fingerprint density at radius 2 is 2.00 bits per heavy atom. The van der Waals surface area contributed by atoms with E-state index in [0.717, 1.165) is 42.4 Å². The highest BCUT2D eigenvalue weighted by molar-refractivity contribution is 5.58. The molecule has 94 valence electrons. The van der Waals surface area contributed by atoms with Crippen LogP contribution in [0.25, 0.3) is 11.4 Å². The Kier molecular flexibility index (Phi) is 4.23. The van der Waals surface area contributed by atoms with Crippen LogP contribution >= 0.6 is 0 Å². The first kappa shape index (κ1) is 12.5. The van der Waals surface area contributed by atoms with E-state index >= 15 is 0 Å². The molecular weight excluding hydrogens is 224 g/mol. The van der Waals surface area contributed by atoms with Crippen molar-refractivity contribution >= 4 is 5.82 Å². The molecule has 0 fully saturated rings. The Bertz CT molecular complexity index is 472. The number of nitrogens with one attached hydrogen (secondary N) is 1. The van der Waals surface area contributed by atoms with E-state index in [4.69, 9.17) is 0 Å². The largest absolute Gasteiger partial charge is 0.370 e. The molecule has 18 heavy (non-hydrogen) atoms. The van der Waals surface area contributed by atoms with Gasteiger partial charge in [0.25, 0.3) is 0 Å². The summed E-state index contributed by atoms with van der Waals surface area (Å²) in [5.74, 6) is 1.74.